The molecule has 3 aromatic rings. The van der Waals surface area contributed by atoms with Gasteiger partial charge in [0.2, 0.25) is 0 Å². The van der Waals surface area contributed by atoms with Gasteiger partial charge in [0.05, 0.1) is 31.7 Å². The number of aryl methyl sites for hydroxylation is 1. The molecule has 140 valence electrons. The lowest BCUT2D eigenvalue weighted by molar-refractivity contribution is -0.144. The van der Waals surface area contributed by atoms with Crippen LogP contribution in [0.3, 0.4) is 0 Å². The molecule has 27 heavy (non-hydrogen) atoms. The summed E-state index contributed by atoms with van der Waals surface area (Å²) in [4.78, 5) is 24.1. The summed E-state index contributed by atoms with van der Waals surface area (Å²) in [7, 11) is 3.12. The fraction of sp³-hybridized carbons (Fsp3) is 0.250. The van der Waals surface area contributed by atoms with Crippen LogP contribution in [0.5, 0.6) is 11.5 Å². The molecule has 3 rings (SSSR count). The van der Waals surface area contributed by atoms with Crippen LogP contribution in [0, 0.1) is 6.92 Å². The fourth-order valence-electron chi connectivity index (χ4n) is 2.83. The zero-order valence-electron chi connectivity index (χ0n) is 15.4. The normalized spacial score (nSPS) is 10.6. The number of fused-ring (bicyclic) bond motifs is 1. The third-order valence-corrected chi connectivity index (χ3v) is 4.32. The van der Waals surface area contributed by atoms with Gasteiger partial charge >= 0.3 is 5.97 Å². The van der Waals surface area contributed by atoms with Crippen LogP contribution in [-0.4, -0.2) is 30.4 Å². The number of hydrogen-bond acceptors (Lipinski definition) is 6. The summed E-state index contributed by atoms with van der Waals surface area (Å²) in [5.74, 6) is 0.755. The first-order valence-corrected chi connectivity index (χ1v) is 8.37. The number of rotatable bonds is 6. The van der Waals surface area contributed by atoms with E-state index < -0.39 is 5.97 Å². The van der Waals surface area contributed by atoms with Gasteiger partial charge in [-0.1, -0.05) is 18.2 Å². The van der Waals surface area contributed by atoms with Crippen LogP contribution in [0.15, 0.2) is 41.2 Å². The van der Waals surface area contributed by atoms with Crippen molar-refractivity contribution in [1.29, 1.82) is 0 Å². The minimum atomic E-state index is -0.436. The number of aromatic amines is 1. The van der Waals surface area contributed by atoms with Gasteiger partial charge in [-0.05, 0) is 36.2 Å². The molecule has 7 heteroatoms. The Bertz CT molecular complexity index is 1040. The Balaban J connectivity index is 1.74. The Morgan fingerprint density at radius 3 is 2.44 bits per heavy atom. The second-order valence-corrected chi connectivity index (χ2v) is 6.02. The molecule has 0 saturated heterocycles. The lowest BCUT2D eigenvalue weighted by Gasteiger charge is -2.13. The maximum absolute atomic E-state index is 12.3. The van der Waals surface area contributed by atoms with E-state index in [1.54, 1.807) is 44.6 Å². The number of carbonyl (C=O) groups is 1. The third kappa shape index (κ3) is 3.92. The zero-order valence-corrected chi connectivity index (χ0v) is 15.4. The van der Waals surface area contributed by atoms with E-state index in [-0.39, 0.29) is 18.6 Å². The molecule has 1 heterocycles. The standard InChI is InChI=1S/C20H20N2O5/c1-12-8-17(25-2)18(26-3)9-13(12)11-27-19(23)10-16-14-6-4-5-7-15(14)20(24)22-21-16/h4-9H,10-11H2,1-3H3,(H,22,24). The van der Waals surface area contributed by atoms with Gasteiger partial charge in [0.1, 0.15) is 6.61 Å². The van der Waals surface area contributed by atoms with Crippen molar-refractivity contribution in [3.05, 3.63) is 63.6 Å². The number of esters is 1. The van der Waals surface area contributed by atoms with Gasteiger partial charge in [-0.3, -0.25) is 9.59 Å². The van der Waals surface area contributed by atoms with Gasteiger partial charge in [-0.2, -0.15) is 5.10 Å². The van der Waals surface area contributed by atoms with E-state index >= 15 is 0 Å². The van der Waals surface area contributed by atoms with Gasteiger partial charge in [-0.15, -0.1) is 0 Å². The van der Waals surface area contributed by atoms with E-state index in [1.807, 2.05) is 13.0 Å². The molecule has 0 spiro atoms. The SMILES string of the molecule is COc1cc(C)c(COC(=O)Cc2n[nH]c(=O)c3ccccc23)cc1OC. The zero-order chi connectivity index (χ0) is 19.4. The molecule has 1 N–H and O–H groups in total. The fourth-order valence-corrected chi connectivity index (χ4v) is 2.83. The largest absolute Gasteiger partial charge is 0.493 e. The highest BCUT2D eigenvalue weighted by Crippen LogP contribution is 2.30. The van der Waals surface area contributed by atoms with Crippen LogP contribution < -0.4 is 15.0 Å². The second-order valence-electron chi connectivity index (χ2n) is 6.02. The average molecular weight is 368 g/mol. The number of methoxy groups -OCH3 is 2. The molecule has 0 aliphatic heterocycles. The number of hydrogen-bond donors (Lipinski definition) is 1. The second kappa shape index (κ2) is 7.90. The third-order valence-electron chi connectivity index (χ3n) is 4.32. The van der Waals surface area contributed by atoms with Gasteiger partial charge in [0, 0.05) is 5.39 Å². The van der Waals surface area contributed by atoms with Crippen molar-refractivity contribution in [1.82, 2.24) is 10.2 Å². The molecule has 0 aliphatic rings. The molecule has 0 atom stereocenters. The molecule has 1 aromatic heterocycles. The molecule has 0 aliphatic carbocycles. The lowest BCUT2D eigenvalue weighted by atomic mass is 10.1. The summed E-state index contributed by atoms with van der Waals surface area (Å²) in [6.07, 6.45) is -0.0381. The first-order valence-electron chi connectivity index (χ1n) is 8.37. The number of nitrogens with one attached hydrogen (secondary N) is 1. The number of H-pyrrole nitrogens is 1. The average Bonchev–Trinajstić information content (AvgIpc) is 2.69. The smallest absolute Gasteiger partial charge is 0.312 e. The Hall–Kier alpha value is -3.35. The van der Waals surface area contributed by atoms with Crippen LogP contribution in [0.25, 0.3) is 10.8 Å². The summed E-state index contributed by atoms with van der Waals surface area (Å²) in [5.41, 5.74) is 1.93. The van der Waals surface area contributed by atoms with Crippen LogP contribution in [0.1, 0.15) is 16.8 Å². The van der Waals surface area contributed by atoms with Crippen LogP contribution >= 0.6 is 0 Å². The Kier molecular flexibility index (Phi) is 5.40. The highest BCUT2D eigenvalue weighted by molar-refractivity contribution is 5.86. The molecule has 2 aromatic carbocycles. The van der Waals surface area contributed by atoms with Crippen LogP contribution in [0.2, 0.25) is 0 Å². The molecular formula is C20H20N2O5. The van der Waals surface area contributed by atoms with Crippen molar-refractivity contribution in [3.63, 3.8) is 0 Å². The maximum atomic E-state index is 12.3. The number of aromatic nitrogens is 2. The molecule has 0 radical (unpaired) electrons. The van der Waals surface area contributed by atoms with Crippen LogP contribution in [-0.2, 0) is 22.6 Å². The highest BCUT2D eigenvalue weighted by atomic mass is 16.5. The molecule has 7 nitrogen and oxygen atoms in total. The Morgan fingerprint density at radius 2 is 1.74 bits per heavy atom. The monoisotopic (exact) mass is 368 g/mol. The summed E-state index contributed by atoms with van der Waals surface area (Å²) in [6.45, 7) is 2.01. The molecule has 0 unspecified atom stereocenters. The highest BCUT2D eigenvalue weighted by Gasteiger charge is 2.14. The Morgan fingerprint density at radius 1 is 1.07 bits per heavy atom. The molecule has 0 fully saturated rings. The predicted molar refractivity (Wildman–Crippen MR) is 100 cm³/mol. The van der Waals surface area contributed by atoms with Crippen molar-refractivity contribution >= 4 is 16.7 Å². The van der Waals surface area contributed by atoms with Crippen molar-refractivity contribution in [3.8, 4) is 11.5 Å². The molecule has 0 bridgehead atoms. The minimum absolute atomic E-state index is 0.0381. The number of carbonyl (C=O) groups excluding carboxylic acids is 1. The van der Waals surface area contributed by atoms with E-state index in [9.17, 15) is 9.59 Å². The van der Waals surface area contributed by atoms with Gasteiger partial charge in [0.25, 0.3) is 5.56 Å². The maximum Gasteiger partial charge on any atom is 0.312 e. The Labute approximate surface area is 155 Å². The lowest BCUT2D eigenvalue weighted by Crippen LogP contribution is -2.15. The summed E-state index contributed by atoms with van der Waals surface area (Å²) in [6, 6.07) is 10.6. The van der Waals surface area contributed by atoms with Crippen molar-refractivity contribution < 1.29 is 19.0 Å². The molecule has 0 amide bonds. The van der Waals surface area contributed by atoms with E-state index in [1.165, 1.54) is 0 Å². The number of ether oxygens (including phenoxy) is 3. The predicted octanol–water partition coefficient (Wildman–Crippen LogP) is 2.53. The summed E-state index contributed by atoms with van der Waals surface area (Å²) >= 11 is 0. The van der Waals surface area contributed by atoms with E-state index in [0.717, 1.165) is 11.1 Å². The number of benzene rings is 2. The van der Waals surface area contributed by atoms with Gasteiger partial charge < -0.3 is 14.2 Å². The first-order chi connectivity index (χ1) is 13.0. The van der Waals surface area contributed by atoms with E-state index in [2.05, 4.69) is 10.2 Å². The van der Waals surface area contributed by atoms with Crippen molar-refractivity contribution in [2.75, 3.05) is 14.2 Å². The van der Waals surface area contributed by atoms with E-state index in [4.69, 9.17) is 14.2 Å². The van der Waals surface area contributed by atoms with Gasteiger partial charge in [-0.25, -0.2) is 5.10 Å². The van der Waals surface area contributed by atoms with Gasteiger partial charge in [0.15, 0.2) is 11.5 Å². The van der Waals surface area contributed by atoms with Crippen molar-refractivity contribution in [2.45, 2.75) is 20.0 Å². The quantitative estimate of drug-likeness (QED) is 0.673. The van der Waals surface area contributed by atoms with Crippen LogP contribution in [0.4, 0.5) is 0 Å². The molecular weight excluding hydrogens is 348 g/mol. The topological polar surface area (TPSA) is 90.5 Å². The summed E-state index contributed by atoms with van der Waals surface area (Å²) in [5, 5.41) is 7.54. The first kappa shape index (κ1) is 18.4. The number of nitrogens with zero attached hydrogens (tertiary/aromatic N) is 1. The van der Waals surface area contributed by atoms with E-state index in [0.29, 0.717) is 28.0 Å². The minimum Gasteiger partial charge on any atom is -0.493 e. The molecule has 0 saturated carbocycles. The summed E-state index contributed by atoms with van der Waals surface area (Å²) < 4.78 is 15.9. The van der Waals surface area contributed by atoms with Crippen molar-refractivity contribution in [2.24, 2.45) is 0 Å².